The second kappa shape index (κ2) is 9.65. The van der Waals surface area contributed by atoms with E-state index in [0.29, 0.717) is 35.0 Å². The highest BCUT2D eigenvalue weighted by Gasteiger charge is 2.46. The molecule has 0 aliphatic carbocycles. The van der Waals surface area contributed by atoms with Crippen LogP contribution >= 0.6 is 0 Å². The molecule has 0 bridgehead atoms. The van der Waals surface area contributed by atoms with Gasteiger partial charge in [-0.15, -0.1) is 0 Å². The number of hydrogen-bond acceptors (Lipinski definition) is 6. The number of nitrogens with zero attached hydrogens (tertiary/aromatic N) is 4. The minimum absolute atomic E-state index is 0.0188. The zero-order chi connectivity index (χ0) is 25.2. The summed E-state index contributed by atoms with van der Waals surface area (Å²) in [6.45, 7) is 4.49. The molecule has 8 nitrogen and oxygen atoms in total. The number of aromatic nitrogens is 3. The lowest BCUT2D eigenvalue weighted by Crippen LogP contribution is -2.29. The Labute approximate surface area is 208 Å². The number of Topliss-reactive ketones (excluding diaryl/α,β-unsaturated/α-hetero) is 1. The molecule has 1 amide bonds. The van der Waals surface area contributed by atoms with Crippen molar-refractivity contribution in [3.63, 3.8) is 0 Å². The van der Waals surface area contributed by atoms with Gasteiger partial charge >= 0.3 is 0 Å². The topological polar surface area (TPSA) is 97.0 Å². The van der Waals surface area contributed by atoms with Crippen LogP contribution in [0.5, 0.6) is 5.75 Å². The number of likely N-dealkylation sites (tertiary alicyclic amines) is 1. The molecule has 1 saturated heterocycles. The Balaban J connectivity index is 1.69. The number of carbonyl (C=O) groups excluding carboxylic acids is 2. The number of fused-ring (bicyclic) bond motifs is 1. The minimum Gasteiger partial charge on any atom is -0.505 e. The summed E-state index contributed by atoms with van der Waals surface area (Å²) in [5.41, 5.74) is 3.02. The van der Waals surface area contributed by atoms with E-state index in [1.165, 1.54) is 4.90 Å². The summed E-state index contributed by atoms with van der Waals surface area (Å²) in [5, 5.41) is 11.6. The summed E-state index contributed by atoms with van der Waals surface area (Å²) in [5.74, 6) is -1.06. The number of carbonyl (C=O) groups is 2. The van der Waals surface area contributed by atoms with Gasteiger partial charge in [-0.05, 0) is 54.8 Å². The summed E-state index contributed by atoms with van der Waals surface area (Å²) in [6, 6.07) is 15.6. The fourth-order valence-electron chi connectivity index (χ4n) is 4.60. The molecule has 1 fully saturated rings. The molecule has 0 spiro atoms. The molecule has 0 radical (unpaired) electrons. The Morgan fingerprint density at radius 1 is 1.11 bits per heavy atom. The first-order valence-corrected chi connectivity index (χ1v) is 11.8. The van der Waals surface area contributed by atoms with Crippen LogP contribution < -0.4 is 4.74 Å². The van der Waals surface area contributed by atoms with E-state index in [0.717, 1.165) is 12.0 Å². The molecule has 36 heavy (non-hydrogen) atoms. The van der Waals surface area contributed by atoms with Gasteiger partial charge < -0.3 is 14.7 Å². The van der Waals surface area contributed by atoms with E-state index in [2.05, 4.69) is 9.97 Å². The third-order valence-corrected chi connectivity index (χ3v) is 6.19. The predicted octanol–water partition coefficient (Wildman–Crippen LogP) is 4.45. The van der Waals surface area contributed by atoms with Crippen molar-refractivity contribution in [3.05, 3.63) is 101 Å². The molecule has 0 saturated carbocycles. The van der Waals surface area contributed by atoms with Crippen LogP contribution in [0.4, 0.5) is 0 Å². The molecule has 5 rings (SSSR count). The van der Waals surface area contributed by atoms with Crippen LogP contribution in [0.15, 0.2) is 78.8 Å². The van der Waals surface area contributed by atoms with Crippen LogP contribution in [0.2, 0.25) is 0 Å². The quantitative estimate of drug-likeness (QED) is 0.238. The van der Waals surface area contributed by atoms with Crippen LogP contribution in [0, 0.1) is 6.92 Å². The van der Waals surface area contributed by atoms with Crippen molar-refractivity contribution in [2.24, 2.45) is 0 Å². The van der Waals surface area contributed by atoms with E-state index in [1.54, 1.807) is 36.0 Å². The number of amides is 1. The molecular weight excluding hydrogens is 456 g/mol. The van der Waals surface area contributed by atoms with Gasteiger partial charge in [0.05, 0.1) is 23.9 Å². The van der Waals surface area contributed by atoms with Crippen LogP contribution in [-0.2, 0) is 16.1 Å². The van der Waals surface area contributed by atoms with E-state index >= 15 is 0 Å². The molecular formula is C28H26N4O4. The van der Waals surface area contributed by atoms with Crippen molar-refractivity contribution in [1.82, 2.24) is 19.3 Å². The number of rotatable bonds is 7. The molecule has 1 atom stereocenters. The molecule has 1 aromatic carbocycles. The second-order valence-electron chi connectivity index (χ2n) is 8.68. The third kappa shape index (κ3) is 4.11. The normalized spacial score (nSPS) is 17.2. The number of hydrogen-bond donors (Lipinski definition) is 1. The maximum absolute atomic E-state index is 13.4. The van der Waals surface area contributed by atoms with Gasteiger partial charge in [-0.25, -0.2) is 4.98 Å². The van der Waals surface area contributed by atoms with Crippen molar-refractivity contribution in [3.8, 4) is 5.75 Å². The average Bonchev–Trinajstić information content (AvgIpc) is 3.36. The Bertz CT molecular complexity index is 1480. The van der Waals surface area contributed by atoms with Gasteiger partial charge in [0.25, 0.3) is 11.7 Å². The number of aryl methyl sites for hydroxylation is 1. The maximum atomic E-state index is 13.4. The fourth-order valence-corrected chi connectivity index (χ4v) is 4.60. The molecule has 1 N–H and O–H groups in total. The van der Waals surface area contributed by atoms with Gasteiger partial charge in [0.15, 0.2) is 5.76 Å². The summed E-state index contributed by atoms with van der Waals surface area (Å²) in [4.78, 5) is 36.9. The van der Waals surface area contributed by atoms with E-state index in [1.807, 2.05) is 55.5 Å². The maximum Gasteiger partial charge on any atom is 0.295 e. The van der Waals surface area contributed by atoms with Gasteiger partial charge in [-0.2, -0.15) is 0 Å². The van der Waals surface area contributed by atoms with Crippen molar-refractivity contribution in [2.45, 2.75) is 32.9 Å². The first-order valence-electron chi connectivity index (χ1n) is 11.8. The summed E-state index contributed by atoms with van der Waals surface area (Å²) in [7, 11) is 0. The highest BCUT2D eigenvalue weighted by molar-refractivity contribution is 6.46. The number of aliphatic hydroxyl groups excluding tert-OH is 1. The number of ketones is 1. The Hall–Kier alpha value is -4.46. The standard InChI is InChI=1S/C28H26N4O4/c1-3-14-36-21-10-6-9-20(15-21)25-23(26(33)24-18(2)30-22-11-4-5-13-31(22)24)27(34)28(35)32(25)17-19-8-7-12-29-16-19/h4-13,15-16,25,33H,3,14,17H2,1-2H3/b26-23+. The number of aliphatic hydroxyl groups is 1. The van der Waals surface area contributed by atoms with Gasteiger partial charge in [-0.3, -0.25) is 19.0 Å². The monoisotopic (exact) mass is 482 g/mol. The number of pyridine rings is 2. The fraction of sp³-hybridized carbons (Fsp3) is 0.214. The van der Waals surface area contributed by atoms with Crippen molar-refractivity contribution >= 4 is 23.1 Å². The lowest BCUT2D eigenvalue weighted by atomic mass is 9.96. The number of imidazole rings is 1. The summed E-state index contributed by atoms with van der Waals surface area (Å²) in [6.07, 6.45) is 5.92. The van der Waals surface area contributed by atoms with Gasteiger partial charge in [0.1, 0.15) is 17.1 Å². The molecule has 1 aliphatic heterocycles. The molecule has 4 heterocycles. The molecule has 3 aromatic heterocycles. The van der Waals surface area contributed by atoms with Crippen LogP contribution in [0.25, 0.3) is 11.4 Å². The van der Waals surface area contributed by atoms with E-state index in [9.17, 15) is 14.7 Å². The molecule has 1 unspecified atom stereocenters. The Morgan fingerprint density at radius 2 is 1.97 bits per heavy atom. The van der Waals surface area contributed by atoms with Crippen LogP contribution in [0.3, 0.4) is 0 Å². The van der Waals surface area contributed by atoms with Gasteiger partial charge in [-0.1, -0.05) is 31.2 Å². The lowest BCUT2D eigenvalue weighted by molar-refractivity contribution is -0.140. The predicted molar refractivity (Wildman–Crippen MR) is 134 cm³/mol. The zero-order valence-corrected chi connectivity index (χ0v) is 20.1. The summed E-state index contributed by atoms with van der Waals surface area (Å²) < 4.78 is 7.54. The first-order chi connectivity index (χ1) is 17.5. The number of ether oxygens (including phenoxy) is 1. The van der Waals surface area contributed by atoms with Gasteiger partial charge in [0, 0.05) is 25.1 Å². The largest absolute Gasteiger partial charge is 0.505 e. The zero-order valence-electron chi connectivity index (χ0n) is 20.1. The minimum atomic E-state index is -0.816. The van der Waals surface area contributed by atoms with E-state index in [4.69, 9.17) is 4.74 Å². The smallest absolute Gasteiger partial charge is 0.295 e. The highest BCUT2D eigenvalue weighted by atomic mass is 16.5. The molecule has 182 valence electrons. The third-order valence-electron chi connectivity index (χ3n) is 6.19. The van der Waals surface area contributed by atoms with Gasteiger partial charge in [0.2, 0.25) is 0 Å². The Morgan fingerprint density at radius 3 is 2.75 bits per heavy atom. The molecule has 8 heteroatoms. The second-order valence-corrected chi connectivity index (χ2v) is 8.68. The Kier molecular flexibility index (Phi) is 6.25. The molecule has 1 aliphatic rings. The molecule has 4 aromatic rings. The van der Waals surface area contributed by atoms with E-state index < -0.39 is 17.7 Å². The van der Waals surface area contributed by atoms with Crippen molar-refractivity contribution < 1.29 is 19.4 Å². The van der Waals surface area contributed by atoms with Crippen molar-refractivity contribution in [2.75, 3.05) is 6.61 Å². The van der Waals surface area contributed by atoms with Crippen molar-refractivity contribution in [1.29, 1.82) is 0 Å². The van der Waals surface area contributed by atoms with Crippen LogP contribution in [-0.4, -0.2) is 42.7 Å². The summed E-state index contributed by atoms with van der Waals surface area (Å²) >= 11 is 0. The lowest BCUT2D eigenvalue weighted by Gasteiger charge is -2.25. The first kappa shape index (κ1) is 23.3. The number of benzene rings is 1. The van der Waals surface area contributed by atoms with E-state index in [-0.39, 0.29) is 17.9 Å². The highest BCUT2D eigenvalue weighted by Crippen LogP contribution is 2.41. The average molecular weight is 483 g/mol. The van der Waals surface area contributed by atoms with Crippen LogP contribution in [0.1, 0.15) is 41.9 Å². The SMILES string of the molecule is CCCOc1cccc(C2/C(=C(\O)c3c(C)nc4ccccn34)C(=O)C(=O)N2Cc2cccnc2)c1.